The molecule has 1 atom stereocenters. The molecule has 0 saturated heterocycles. The van der Waals surface area contributed by atoms with Gasteiger partial charge < -0.3 is 0 Å². The largest absolute Gasteiger partial charge is 0.293 e. The summed E-state index contributed by atoms with van der Waals surface area (Å²) in [5, 5.41) is 0.643. The van der Waals surface area contributed by atoms with Crippen molar-refractivity contribution in [2.45, 2.75) is 33.1 Å². The smallest absolute Gasteiger partial charge is 0.176 e. The molecule has 0 aromatic carbocycles. The SMILES string of the molecule is CC1(C)CCCC1C(=O)c1cc(Cl)c(Br)s1. The summed E-state index contributed by atoms with van der Waals surface area (Å²) in [7, 11) is 0. The number of carbonyl (C=O) groups is 1. The van der Waals surface area contributed by atoms with Gasteiger partial charge in [0.05, 0.1) is 13.7 Å². The third kappa shape index (κ3) is 2.22. The second-order valence-electron chi connectivity index (χ2n) is 5.03. The van der Waals surface area contributed by atoms with Crippen molar-refractivity contribution in [3.8, 4) is 0 Å². The first-order valence-electron chi connectivity index (χ1n) is 5.41. The highest BCUT2D eigenvalue weighted by Crippen LogP contribution is 2.45. The number of ketones is 1. The van der Waals surface area contributed by atoms with Crippen LogP contribution < -0.4 is 0 Å². The Balaban J connectivity index is 2.25. The first-order valence-corrected chi connectivity index (χ1v) is 7.39. The molecule has 16 heavy (non-hydrogen) atoms. The fourth-order valence-corrected chi connectivity index (χ4v) is 4.15. The Hall–Kier alpha value is 0.140. The minimum absolute atomic E-state index is 0.139. The van der Waals surface area contributed by atoms with E-state index in [9.17, 15) is 4.79 Å². The third-order valence-corrected chi connectivity index (χ3v) is 5.95. The van der Waals surface area contributed by atoms with Crippen LogP contribution in [-0.4, -0.2) is 5.78 Å². The maximum absolute atomic E-state index is 12.4. The van der Waals surface area contributed by atoms with Crippen molar-refractivity contribution in [3.05, 3.63) is 19.8 Å². The Labute approximate surface area is 113 Å². The standard InChI is InChI=1S/C12H14BrClOS/c1-12(2)5-3-4-7(12)10(15)9-6-8(14)11(13)16-9/h6-7H,3-5H2,1-2H3. The summed E-state index contributed by atoms with van der Waals surface area (Å²) >= 11 is 10.8. The van der Waals surface area contributed by atoms with Crippen LogP contribution in [0, 0.1) is 11.3 Å². The second kappa shape index (κ2) is 4.43. The van der Waals surface area contributed by atoms with E-state index in [0.29, 0.717) is 5.02 Å². The number of carbonyl (C=O) groups excluding carboxylic acids is 1. The highest BCUT2D eigenvalue weighted by atomic mass is 79.9. The zero-order valence-corrected chi connectivity index (χ0v) is 12.5. The van der Waals surface area contributed by atoms with Crippen molar-refractivity contribution in [2.24, 2.45) is 11.3 Å². The molecule has 1 aromatic heterocycles. The van der Waals surface area contributed by atoms with Crippen LogP contribution in [0.5, 0.6) is 0 Å². The molecule has 88 valence electrons. The molecule has 0 N–H and O–H groups in total. The molecule has 1 aromatic rings. The lowest BCUT2D eigenvalue weighted by Crippen LogP contribution is -2.25. The van der Waals surface area contributed by atoms with Gasteiger partial charge >= 0.3 is 0 Å². The zero-order chi connectivity index (χ0) is 11.9. The van der Waals surface area contributed by atoms with E-state index in [2.05, 4.69) is 29.8 Å². The van der Waals surface area contributed by atoms with Crippen LogP contribution in [0.1, 0.15) is 42.8 Å². The lowest BCUT2D eigenvalue weighted by Gasteiger charge is -2.25. The van der Waals surface area contributed by atoms with Gasteiger partial charge in [0.15, 0.2) is 5.78 Å². The molecular formula is C12H14BrClOS. The van der Waals surface area contributed by atoms with E-state index in [1.54, 1.807) is 6.07 Å². The molecule has 1 heterocycles. The van der Waals surface area contributed by atoms with E-state index >= 15 is 0 Å². The van der Waals surface area contributed by atoms with Crippen molar-refractivity contribution < 1.29 is 4.79 Å². The summed E-state index contributed by atoms with van der Waals surface area (Å²) < 4.78 is 0.855. The lowest BCUT2D eigenvalue weighted by molar-refractivity contribution is 0.0843. The fourth-order valence-electron chi connectivity index (χ4n) is 2.45. The minimum atomic E-state index is 0.139. The van der Waals surface area contributed by atoms with E-state index in [0.717, 1.165) is 27.9 Å². The summed E-state index contributed by atoms with van der Waals surface area (Å²) in [5.41, 5.74) is 0.139. The molecule has 1 saturated carbocycles. The zero-order valence-electron chi connectivity index (χ0n) is 9.35. The number of rotatable bonds is 2. The second-order valence-corrected chi connectivity index (χ2v) is 7.81. The van der Waals surface area contributed by atoms with Crippen molar-refractivity contribution in [3.63, 3.8) is 0 Å². The molecule has 0 aliphatic heterocycles. The molecule has 0 bridgehead atoms. The fraction of sp³-hybridized carbons (Fsp3) is 0.583. The molecule has 1 nitrogen and oxygen atoms in total. The van der Waals surface area contributed by atoms with Gasteiger partial charge in [0.2, 0.25) is 0 Å². The topological polar surface area (TPSA) is 17.1 Å². The number of hydrogen-bond donors (Lipinski definition) is 0. The predicted octanol–water partition coefficient (Wildman–Crippen LogP) is 5.17. The Morgan fingerprint density at radius 3 is 2.75 bits per heavy atom. The Morgan fingerprint density at radius 2 is 2.31 bits per heavy atom. The molecule has 4 heteroatoms. The van der Waals surface area contributed by atoms with Gasteiger partial charge in [-0.05, 0) is 40.3 Å². The molecule has 1 unspecified atom stereocenters. The van der Waals surface area contributed by atoms with E-state index < -0.39 is 0 Å². The normalized spacial score (nSPS) is 23.6. The summed E-state index contributed by atoms with van der Waals surface area (Å²) in [4.78, 5) is 13.1. The number of halogens is 2. The van der Waals surface area contributed by atoms with E-state index in [1.165, 1.54) is 11.3 Å². The van der Waals surface area contributed by atoms with Gasteiger partial charge in [-0.15, -0.1) is 11.3 Å². The number of thiophene rings is 1. The van der Waals surface area contributed by atoms with Crippen molar-refractivity contribution in [2.75, 3.05) is 0 Å². The Morgan fingerprint density at radius 1 is 1.62 bits per heavy atom. The average Bonchev–Trinajstić information content (AvgIpc) is 2.70. The number of Topliss-reactive ketones (excluding diaryl/α,β-unsaturated/α-hetero) is 1. The number of hydrogen-bond acceptors (Lipinski definition) is 2. The van der Waals surface area contributed by atoms with Gasteiger partial charge in [0.25, 0.3) is 0 Å². The molecule has 1 fully saturated rings. The molecule has 0 amide bonds. The Kier molecular flexibility index (Phi) is 3.49. The molecule has 2 rings (SSSR count). The van der Waals surface area contributed by atoms with Gasteiger partial charge in [-0.2, -0.15) is 0 Å². The highest BCUT2D eigenvalue weighted by Gasteiger charge is 2.40. The molecule has 1 aliphatic rings. The average molecular weight is 322 g/mol. The summed E-state index contributed by atoms with van der Waals surface area (Å²) in [6, 6.07) is 1.78. The van der Waals surface area contributed by atoms with Crippen LogP contribution in [0.15, 0.2) is 9.85 Å². The maximum atomic E-state index is 12.4. The van der Waals surface area contributed by atoms with Crippen LogP contribution in [0.4, 0.5) is 0 Å². The van der Waals surface area contributed by atoms with Crippen molar-refractivity contribution in [1.82, 2.24) is 0 Å². The van der Waals surface area contributed by atoms with Gasteiger partial charge in [-0.1, -0.05) is 31.9 Å². The maximum Gasteiger partial charge on any atom is 0.176 e. The molecule has 1 aliphatic carbocycles. The first kappa shape index (κ1) is 12.6. The van der Waals surface area contributed by atoms with Crippen LogP contribution >= 0.6 is 38.9 Å². The monoisotopic (exact) mass is 320 g/mol. The summed E-state index contributed by atoms with van der Waals surface area (Å²) in [6.45, 7) is 4.37. The van der Waals surface area contributed by atoms with E-state index in [-0.39, 0.29) is 17.1 Å². The quantitative estimate of drug-likeness (QED) is 0.686. The van der Waals surface area contributed by atoms with Gasteiger partial charge in [-0.25, -0.2) is 0 Å². The minimum Gasteiger partial charge on any atom is -0.293 e. The Bertz CT molecular complexity index is 405. The summed E-state index contributed by atoms with van der Waals surface area (Å²) in [5.74, 6) is 0.425. The third-order valence-electron chi connectivity index (χ3n) is 3.46. The van der Waals surface area contributed by atoms with Gasteiger partial charge in [-0.3, -0.25) is 4.79 Å². The molecular weight excluding hydrogens is 308 g/mol. The lowest BCUT2D eigenvalue weighted by atomic mass is 9.79. The van der Waals surface area contributed by atoms with E-state index in [4.69, 9.17) is 11.6 Å². The van der Waals surface area contributed by atoms with Crippen LogP contribution in [0.25, 0.3) is 0 Å². The van der Waals surface area contributed by atoms with Crippen molar-refractivity contribution in [1.29, 1.82) is 0 Å². The molecule has 0 radical (unpaired) electrons. The van der Waals surface area contributed by atoms with Gasteiger partial charge in [0, 0.05) is 5.92 Å². The summed E-state index contributed by atoms with van der Waals surface area (Å²) in [6.07, 6.45) is 3.31. The highest BCUT2D eigenvalue weighted by molar-refractivity contribution is 9.11. The van der Waals surface area contributed by atoms with Crippen LogP contribution in [0.3, 0.4) is 0 Å². The van der Waals surface area contributed by atoms with E-state index in [1.807, 2.05) is 0 Å². The van der Waals surface area contributed by atoms with Gasteiger partial charge in [0.1, 0.15) is 0 Å². The first-order chi connectivity index (χ1) is 7.42. The van der Waals surface area contributed by atoms with Crippen LogP contribution in [-0.2, 0) is 0 Å². The molecule has 0 spiro atoms. The predicted molar refractivity (Wildman–Crippen MR) is 72.5 cm³/mol. The van der Waals surface area contributed by atoms with Crippen molar-refractivity contribution >= 4 is 44.7 Å². The van der Waals surface area contributed by atoms with Crippen LogP contribution in [0.2, 0.25) is 5.02 Å².